The van der Waals surface area contributed by atoms with E-state index in [1.165, 1.54) is 11.1 Å². The van der Waals surface area contributed by atoms with E-state index in [9.17, 15) is 0 Å². The van der Waals surface area contributed by atoms with Crippen LogP contribution in [0.2, 0.25) is 0 Å². The number of benzene rings is 2. The molecular formula is C23H25N7O2. The van der Waals surface area contributed by atoms with E-state index in [2.05, 4.69) is 49.8 Å². The Hall–Kier alpha value is -3.72. The largest absolute Gasteiger partial charge is 0.495 e. The molecule has 1 aliphatic rings. The molecule has 0 spiro atoms. The molecule has 2 N–H and O–H groups in total. The summed E-state index contributed by atoms with van der Waals surface area (Å²) in [6.07, 6.45) is 2.84. The Balaban J connectivity index is 1.39. The Morgan fingerprint density at radius 1 is 1.16 bits per heavy atom. The first-order valence-corrected chi connectivity index (χ1v) is 10.5. The molecule has 0 aliphatic carbocycles. The van der Waals surface area contributed by atoms with Gasteiger partial charge in [0.2, 0.25) is 11.8 Å². The van der Waals surface area contributed by atoms with Gasteiger partial charge in [0.25, 0.3) is 0 Å². The van der Waals surface area contributed by atoms with Gasteiger partial charge < -0.3 is 24.8 Å². The number of hydrogen-bond donors (Lipinski definition) is 2. The van der Waals surface area contributed by atoms with E-state index in [-0.39, 0.29) is 0 Å². The number of anilines is 3. The van der Waals surface area contributed by atoms with Crippen molar-refractivity contribution in [1.82, 2.24) is 25.0 Å². The molecule has 32 heavy (non-hydrogen) atoms. The molecule has 9 nitrogen and oxygen atoms in total. The van der Waals surface area contributed by atoms with Gasteiger partial charge >= 0.3 is 0 Å². The van der Waals surface area contributed by atoms with Crippen molar-refractivity contribution in [2.24, 2.45) is 0 Å². The van der Waals surface area contributed by atoms with Gasteiger partial charge in [0.05, 0.1) is 24.9 Å². The van der Waals surface area contributed by atoms with Gasteiger partial charge in [-0.2, -0.15) is 4.98 Å². The lowest BCUT2D eigenvalue weighted by Crippen LogP contribution is -2.26. The molecule has 2 aromatic carbocycles. The van der Waals surface area contributed by atoms with Crippen LogP contribution in [0.4, 0.5) is 17.3 Å². The van der Waals surface area contributed by atoms with Crippen molar-refractivity contribution >= 4 is 28.2 Å². The molecule has 0 bridgehead atoms. The highest BCUT2D eigenvalue weighted by Gasteiger charge is 2.17. The third-order valence-electron chi connectivity index (χ3n) is 5.57. The second-order valence-electron chi connectivity index (χ2n) is 7.98. The molecule has 2 aromatic heterocycles. The molecule has 5 rings (SSSR count). The molecule has 4 aromatic rings. The maximum Gasteiger partial charge on any atom is 0.227 e. The van der Waals surface area contributed by atoms with Gasteiger partial charge in [-0.3, -0.25) is 0 Å². The van der Waals surface area contributed by atoms with Crippen molar-refractivity contribution in [3.63, 3.8) is 0 Å². The molecule has 0 saturated carbocycles. The van der Waals surface area contributed by atoms with Crippen LogP contribution in [0.15, 0.2) is 41.1 Å². The summed E-state index contributed by atoms with van der Waals surface area (Å²) in [6, 6.07) is 10.2. The molecule has 0 atom stereocenters. The van der Waals surface area contributed by atoms with Gasteiger partial charge in [0.1, 0.15) is 5.75 Å². The van der Waals surface area contributed by atoms with E-state index >= 15 is 0 Å². The van der Waals surface area contributed by atoms with Crippen LogP contribution < -0.4 is 15.4 Å². The molecular weight excluding hydrogens is 406 g/mol. The summed E-state index contributed by atoms with van der Waals surface area (Å²) in [5.74, 6) is 2.47. The number of nitrogens with zero attached hydrogens (tertiary/aromatic N) is 5. The van der Waals surface area contributed by atoms with Crippen LogP contribution in [0.25, 0.3) is 10.9 Å². The predicted molar refractivity (Wildman–Crippen MR) is 122 cm³/mol. The van der Waals surface area contributed by atoms with Crippen molar-refractivity contribution in [3.8, 4) is 5.75 Å². The summed E-state index contributed by atoms with van der Waals surface area (Å²) in [6.45, 7) is 4.22. The van der Waals surface area contributed by atoms with Crippen LogP contribution in [0, 0.1) is 6.92 Å². The standard InChI is InChI=1S/C23H25N7O2/c1-14-26-22(29-32-14)12-24-18-5-4-16-11-25-23(27-19(16)10-18)28-20-8-17-13-30(2)7-6-15(17)9-21(20)31-3/h4-5,8-11,24H,6-7,12-13H2,1-3H3,(H,25,27,28). The van der Waals surface area contributed by atoms with Crippen LogP contribution in [0.3, 0.4) is 0 Å². The monoisotopic (exact) mass is 431 g/mol. The van der Waals surface area contributed by atoms with Crippen LogP contribution in [-0.4, -0.2) is 45.7 Å². The number of ether oxygens (including phenoxy) is 1. The minimum atomic E-state index is 0.472. The average molecular weight is 432 g/mol. The topological polar surface area (TPSA) is 101 Å². The number of hydrogen-bond acceptors (Lipinski definition) is 9. The number of fused-ring (bicyclic) bond motifs is 2. The Kier molecular flexibility index (Phi) is 5.32. The lowest BCUT2D eigenvalue weighted by molar-refractivity contribution is 0.312. The van der Waals surface area contributed by atoms with E-state index in [0.29, 0.717) is 24.2 Å². The summed E-state index contributed by atoms with van der Waals surface area (Å²) in [7, 11) is 3.82. The normalized spacial score (nSPS) is 13.7. The fraction of sp³-hybridized carbons (Fsp3) is 0.304. The summed E-state index contributed by atoms with van der Waals surface area (Å²) in [5, 5.41) is 11.5. The van der Waals surface area contributed by atoms with E-state index in [4.69, 9.17) is 14.2 Å². The summed E-state index contributed by atoms with van der Waals surface area (Å²) in [4.78, 5) is 15.7. The number of methoxy groups -OCH3 is 1. The van der Waals surface area contributed by atoms with E-state index < -0.39 is 0 Å². The fourth-order valence-corrected chi connectivity index (χ4v) is 3.90. The molecule has 164 valence electrons. The third-order valence-corrected chi connectivity index (χ3v) is 5.57. The summed E-state index contributed by atoms with van der Waals surface area (Å²) >= 11 is 0. The van der Waals surface area contributed by atoms with Crippen LogP contribution >= 0.6 is 0 Å². The highest BCUT2D eigenvalue weighted by atomic mass is 16.5. The van der Waals surface area contributed by atoms with E-state index in [1.54, 1.807) is 14.0 Å². The SMILES string of the molecule is COc1cc2c(cc1Nc1ncc3ccc(NCc4noc(C)n4)cc3n1)CN(C)CC2. The van der Waals surface area contributed by atoms with Crippen LogP contribution in [0.5, 0.6) is 5.75 Å². The van der Waals surface area contributed by atoms with E-state index in [1.807, 2.05) is 24.4 Å². The third kappa shape index (κ3) is 4.19. The molecule has 3 heterocycles. The van der Waals surface area contributed by atoms with Crippen molar-refractivity contribution in [2.75, 3.05) is 31.3 Å². The Bertz CT molecular complexity index is 1270. The minimum absolute atomic E-state index is 0.472. The number of nitrogens with one attached hydrogen (secondary N) is 2. The second-order valence-corrected chi connectivity index (χ2v) is 7.98. The molecule has 0 amide bonds. The van der Waals surface area contributed by atoms with Crippen molar-refractivity contribution in [3.05, 3.63) is 59.4 Å². The fourth-order valence-electron chi connectivity index (χ4n) is 3.90. The van der Waals surface area contributed by atoms with Crippen molar-refractivity contribution in [1.29, 1.82) is 0 Å². The number of rotatable bonds is 6. The minimum Gasteiger partial charge on any atom is -0.495 e. The smallest absolute Gasteiger partial charge is 0.227 e. The molecule has 0 radical (unpaired) electrons. The van der Waals surface area contributed by atoms with Gasteiger partial charge in [0, 0.05) is 37.3 Å². The maximum absolute atomic E-state index is 5.63. The number of aryl methyl sites for hydroxylation is 1. The van der Waals surface area contributed by atoms with Gasteiger partial charge in [0.15, 0.2) is 5.82 Å². The molecule has 1 aliphatic heterocycles. The number of likely N-dealkylation sites (N-methyl/N-ethyl adjacent to an activating group) is 1. The first-order chi connectivity index (χ1) is 15.6. The highest BCUT2D eigenvalue weighted by molar-refractivity contribution is 5.83. The van der Waals surface area contributed by atoms with Gasteiger partial charge in [-0.05, 0) is 54.9 Å². The Labute approximate surface area is 185 Å². The van der Waals surface area contributed by atoms with Gasteiger partial charge in [-0.1, -0.05) is 5.16 Å². The summed E-state index contributed by atoms with van der Waals surface area (Å²) < 4.78 is 10.6. The lowest BCUT2D eigenvalue weighted by atomic mass is 9.99. The Morgan fingerprint density at radius 3 is 2.88 bits per heavy atom. The van der Waals surface area contributed by atoms with Crippen LogP contribution in [0.1, 0.15) is 22.8 Å². The predicted octanol–water partition coefficient (Wildman–Crippen LogP) is 3.67. The van der Waals surface area contributed by atoms with Gasteiger partial charge in [-0.25, -0.2) is 9.97 Å². The average Bonchev–Trinajstić information content (AvgIpc) is 3.22. The highest BCUT2D eigenvalue weighted by Crippen LogP contribution is 2.33. The molecule has 0 fully saturated rings. The lowest BCUT2D eigenvalue weighted by Gasteiger charge is -2.26. The summed E-state index contributed by atoms with van der Waals surface area (Å²) in [5.41, 5.74) is 5.23. The zero-order valence-electron chi connectivity index (χ0n) is 18.3. The molecule has 9 heteroatoms. The molecule has 0 saturated heterocycles. The van der Waals surface area contributed by atoms with E-state index in [0.717, 1.165) is 47.5 Å². The van der Waals surface area contributed by atoms with Crippen molar-refractivity contribution in [2.45, 2.75) is 26.4 Å². The number of aromatic nitrogens is 4. The van der Waals surface area contributed by atoms with Gasteiger partial charge in [-0.15, -0.1) is 0 Å². The maximum atomic E-state index is 5.63. The first kappa shape index (κ1) is 20.2. The van der Waals surface area contributed by atoms with Crippen molar-refractivity contribution < 1.29 is 9.26 Å². The van der Waals surface area contributed by atoms with Crippen LogP contribution in [-0.2, 0) is 19.5 Å². The second kappa shape index (κ2) is 8.43. The first-order valence-electron chi connectivity index (χ1n) is 10.5. The zero-order chi connectivity index (χ0) is 22.1. The Morgan fingerprint density at radius 2 is 2.06 bits per heavy atom. The molecule has 0 unspecified atom stereocenters. The quantitative estimate of drug-likeness (QED) is 0.473. The zero-order valence-corrected chi connectivity index (χ0v) is 18.3.